The van der Waals surface area contributed by atoms with E-state index in [0.29, 0.717) is 13.0 Å². The number of aliphatic hydroxyl groups is 1. The Bertz CT molecular complexity index is 755. The molecule has 0 radical (unpaired) electrons. The van der Waals surface area contributed by atoms with E-state index in [2.05, 4.69) is 5.32 Å². The third-order valence-corrected chi connectivity index (χ3v) is 3.79. The molecule has 5 N–H and O–H groups in total. The zero-order valence-electron chi connectivity index (χ0n) is 15.5. The molecule has 0 aliphatic rings. The minimum atomic E-state index is -5.08. The summed E-state index contributed by atoms with van der Waals surface area (Å²) in [5, 5.41) is 19.9. The summed E-state index contributed by atoms with van der Waals surface area (Å²) in [6, 6.07) is 18.9. The number of amides is 1. The van der Waals surface area contributed by atoms with Crippen molar-refractivity contribution in [1.29, 1.82) is 0 Å². The van der Waals surface area contributed by atoms with Crippen LogP contribution in [0.2, 0.25) is 0 Å². The van der Waals surface area contributed by atoms with Gasteiger partial charge in [0.1, 0.15) is 6.10 Å². The van der Waals surface area contributed by atoms with E-state index in [1.807, 2.05) is 60.7 Å². The number of nitrogens with one attached hydrogen (secondary N) is 1. The second-order valence-electron chi connectivity index (χ2n) is 6.13. The molecule has 1 unspecified atom stereocenters. The number of carbonyl (C=O) groups is 2. The van der Waals surface area contributed by atoms with E-state index >= 15 is 0 Å². The third kappa shape index (κ3) is 9.72. The molecule has 0 aliphatic carbocycles. The van der Waals surface area contributed by atoms with E-state index < -0.39 is 30.2 Å². The van der Waals surface area contributed by atoms with Crippen molar-refractivity contribution in [1.82, 2.24) is 5.32 Å². The van der Waals surface area contributed by atoms with Crippen molar-refractivity contribution in [2.45, 2.75) is 31.2 Å². The minimum absolute atomic E-state index is 0.417. The number of carbonyl (C=O) groups excluding carboxylic acids is 1. The molecular weight excluding hydrogens is 389 g/mol. The summed E-state index contributed by atoms with van der Waals surface area (Å²) >= 11 is 0. The summed E-state index contributed by atoms with van der Waals surface area (Å²) in [7, 11) is 0. The van der Waals surface area contributed by atoms with E-state index in [-0.39, 0.29) is 0 Å². The second kappa shape index (κ2) is 11.8. The Kier molecular flexibility index (Phi) is 9.84. The molecule has 9 heteroatoms. The van der Waals surface area contributed by atoms with Gasteiger partial charge in [-0.3, -0.25) is 4.79 Å². The molecule has 0 spiro atoms. The van der Waals surface area contributed by atoms with Crippen molar-refractivity contribution < 1.29 is 33.0 Å². The molecule has 0 heterocycles. The molecule has 0 aliphatic heterocycles. The van der Waals surface area contributed by atoms with Gasteiger partial charge in [0.15, 0.2) is 0 Å². The Morgan fingerprint density at radius 1 is 0.966 bits per heavy atom. The summed E-state index contributed by atoms with van der Waals surface area (Å²) in [6.45, 7) is 0.484. The first-order valence-electron chi connectivity index (χ1n) is 8.70. The smallest absolute Gasteiger partial charge is 0.475 e. The van der Waals surface area contributed by atoms with E-state index in [4.69, 9.17) is 15.6 Å². The average Bonchev–Trinajstić information content (AvgIpc) is 2.68. The van der Waals surface area contributed by atoms with Gasteiger partial charge in [-0.25, -0.2) is 4.79 Å². The fraction of sp³-hybridized carbons (Fsp3) is 0.300. The molecule has 29 heavy (non-hydrogen) atoms. The topological polar surface area (TPSA) is 113 Å². The highest BCUT2D eigenvalue weighted by Gasteiger charge is 2.38. The maximum atomic E-state index is 11.9. The third-order valence-electron chi connectivity index (χ3n) is 3.79. The normalized spacial score (nSPS) is 12.9. The van der Waals surface area contributed by atoms with Crippen LogP contribution in [-0.4, -0.2) is 47.0 Å². The largest absolute Gasteiger partial charge is 0.490 e. The van der Waals surface area contributed by atoms with Gasteiger partial charge in [0.25, 0.3) is 0 Å². The monoisotopic (exact) mass is 412 g/mol. The predicted octanol–water partition coefficient (Wildman–Crippen LogP) is 1.91. The number of halogens is 3. The Morgan fingerprint density at radius 3 is 1.86 bits per heavy atom. The maximum absolute atomic E-state index is 11.9. The van der Waals surface area contributed by atoms with Crippen molar-refractivity contribution >= 4 is 11.9 Å². The summed E-state index contributed by atoms with van der Waals surface area (Å²) in [4.78, 5) is 20.8. The molecule has 0 saturated heterocycles. The number of nitrogens with two attached hydrogens (primary N) is 1. The first-order valence-corrected chi connectivity index (χ1v) is 8.70. The van der Waals surface area contributed by atoms with Gasteiger partial charge < -0.3 is 21.3 Å². The molecule has 0 saturated carbocycles. The van der Waals surface area contributed by atoms with Crippen LogP contribution in [0.5, 0.6) is 0 Å². The number of hydrogen-bond donors (Lipinski definition) is 4. The molecule has 1 amide bonds. The highest BCUT2D eigenvalue weighted by molar-refractivity contribution is 5.81. The van der Waals surface area contributed by atoms with Gasteiger partial charge in [-0.2, -0.15) is 13.2 Å². The number of benzene rings is 2. The van der Waals surface area contributed by atoms with Crippen LogP contribution in [0.1, 0.15) is 11.1 Å². The van der Waals surface area contributed by atoms with Crippen LogP contribution in [0.3, 0.4) is 0 Å². The van der Waals surface area contributed by atoms with Crippen molar-refractivity contribution in [2.24, 2.45) is 5.73 Å². The fourth-order valence-corrected chi connectivity index (χ4v) is 2.27. The molecule has 2 aromatic rings. The van der Waals surface area contributed by atoms with Gasteiger partial charge in [0, 0.05) is 12.6 Å². The van der Waals surface area contributed by atoms with Gasteiger partial charge >= 0.3 is 12.1 Å². The van der Waals surface area contributed by atoms with Crippen LogP contribution in [-0.2, 0) is 22.4 Å². The highest BCUT2D eigenvalue weighted by Crippen LogP contribution is 2.13. The van der Waals surface area contributed by atoms with Gasteiger partial charge in [-0.1, -0.05) is 60.7 Å². The summed E-state index contributed by atoms with van der Waals surface area (Å²) in [5.41, 5.74) is 8.07. The Hall–Kier alpha value is -2.91. The number of carboxylic acid groups (broad SMARTS) is 1. The Morgan fingerprint density at radius 2 is 1.41 bits per heavy atom. The quantitative estimate of drug-likeness (QED) is 0.555. The predicted molar refractivity (Wildman–Crippen MR) is 101 cm³/mol. The lowest BCUT2D eigenvalue weighted by Gasteiger charge is -2.18. The van der Waals surface area contributed by atoms with Gasteiger partial charge in [0.2, 0.25) is 5.91 Å². The number of carboxylic acids is 1. The van der Waals surface area contributed by atoms with Crippen molar-refractivity contribution in [3.63, 3.8) is 0 Å². The average molecular weight is 412 g/mol. The lowest BCUT2D eigenvalue weighted by molar-refractivity contribution is -0.192. The van der Waals surface area contributed by atoms with E-state index in [9.17, 15) is 23.1 Å². The van der Waals surface area contributed by atoms with Crippen LogP contribution >= 0.6 is 0 Å². The number of hydrogen-bond acceptors (Lipinski definition) is 4. The molecule has 0 fully saturated rings. The summed E-state index contributed by atoms with van der Waals surface area (Å²) in [5.74, 6) is -3.17. The van der Waals surface area contributed by atoms with Gasteiger partial charge in [-0.15, -0.1) is 0 Å². The van der Waals surface area contributed by atoms with E-state index in [1.165, 1.54) is 0 Å². The summed E-state index contributed by atoms with van der Waals surface area (Å²) < 4.78 is 31.7. The van der Waals surface area contributed by atoms with Gasteiger partial charge in [0.05, 0.1) is 0 Å². The number of aliphatic carboxylic acids is 1. The first kappa shape index (κ1) is 24.1. The zero-order valence-corrected chi connectivity index (χ0v) is 15.5. The van der Waals surface area contributed by atoms with Crippen molar-refractivity contribution in [3.8, 4) is 0 Å². The Balaban J connectivity index is 0.000000516. The second-order valence-corrected chi connectivity index (χ2v) is 6.13. The SMILES string of the molecule is N[C@@H](Cc1ccccc1)C(O)C(=O)NCCc1ccccc1.O=C(O)C(F)(F)F. The molecule has 158 valence electrons. The number of aliphatic hydroxyl groups excluding tert-OH is 1. The number of alkyl halides is 3. The highest BCUT2D eigenvalue weighted by atomic mass is 19.4. The van der Waals surface area contributed by atoms with Crippen LogP contribution in [0, 0.1) is 0 Å². The molecule has 6 nitrogen and oxygen atoms in total. The lowest BCUT2D eigenvalue weighted by atomic mass is 10.0. The van der Waals surface area contributed by atoms with Crippen molar-refractivity contribution in [2.75, 3.05) is 6.54 Å². The van der Waals surface area contributed by atoms with Crippen LogP contribution in [0.4, 0.5) is 13.2 Å². The molecule has 0 aromatic heterocycles. The Labute approximate surface area is 166 Å². The zero-order chi connectivity index (χ0) is 21.9. The van der Waals surface area contributed by atoms with Crippen LogP contribution in [0.15, 0.2) is 60.7 Å². The molecule has 2 aromatic carbocycles. The fourth-order valence-electron chi connectivity index (χ4n) is 2.27. The van der Waals surface area contributed by atoms with Crippen LogP contribution < -0.4 is 11.1 Å². The van der Waals surface area contributed by atoms with E-state index in [1.54, 1.807) is 0 Å². The minimum Gasteiger partial charge on any atom is -0.475 e. The lowest BCUT2D eigenvalue weighted by Crippen LogP contribution is -2.47. The summed E-state index contributed by atoms with van der Waals surface area (Å²) in [6.07, 6.45) is -5.09. The maximum Gasteiger partial charge on any atom is 0.490 e. The standard InChI is InChI=1S/C18H22N2O2.C2HF3O2/c19-16(13-15-9-5-2-6-10-15)17(21)18(22)20-12-11-14-7-3-1-4-8-14;3-2(4,5)1(6)7/h1-10,16-17,21H,11-13,19H2,(H,20,22);(H,6,7)/t16-,17?;/m0./s1. The first-order chi connectivity index (χ1) is 13.6. The van der Waals surface area contributed by atoms with Crippen molar-refractivity contribution in [3.05, 3.63) is 71.8 Å². The molecular formula is C20H23F3N2O4. The van der Waals surface area contributed by atoms with Gasteiger partial charge in [-0.05, 0) is 24.0 Å². The van der Waals surface area contributed by atoms with Crippen LogP contribution in [0.25, 0.3) is 0 Å². The number of rotatable bonds is 7. The molecule has 2 atom stereocenters. The van der Waals surface area contributed by atoms with E-state index in [0.717, 1.165) is 17.5 Å². The molecule has 2 rings (SSSR count). The molecule has 0 bridgehead atoms.